The number of halogens is 2. The minimum atomic E-state index is -1.53. The van der Waals surface area contributed by atoms with Gasteiger partial charge in [-0.3, -0.25) is 9.59 Å². The van der Waals surface area contributed by atoms with Crippen molar-refractivity contribution in [3.8, 4) is 11.1 Å². The Bertz CT molecular complexity index is 565. The highest BCUT2D eigenvalue weighted by atomic mass is 19.1. The molecule has 0 saturated carbocycles. The van der Waals surface area contributed by atoms with Gasteiger partial charge in [0.2, 0.25) is 0 Å². The summed E-state index contributed by atoms with van der Waals surface area (Å²) in [5.41, 5.74) is 0.928. The van der Waals surface area contributed by atoms with Crippen molar-refractivity contribution in [2.24, 2.45) is 0 Å². The molecule has 2 nitrogen and oxygen atoms in total. The first-order valence-corrected chi connectivity index (χ1v) is 5.18. The van der Waals surface area contributed by atoms with E-state index in [1.807, 2.05) is 0 Å². The Labute approximate surface area is 102 Å². The molecule has 0 aliphatic heterocycles. The Hall–Kier alpha value is -2.36. The normalized spacial score (nSPS) is 10.1. The van der Waals surface area contributed by atoms with Crippen molar-refractivity contribution >= 4 is 12.1 Å². The maximum atomic E-state index is 12.6. The standard InChI is InChI=1S/C14H8F2O2/c15-13(17)11-5-1-3-9(7-11)10-4-2-6-12(8-10)14(16)18/h1-8H. The molecule has 0 bridgehead atoms. The molecule has 0 saturated heterocycles. The fourth-order valence-electron chi connectivity index (χ4n) is 1.64. The monoisotopic (exact) mass is 246 g/mol. The Morgan fingerprint density at radius 2 is 1.11 bits per heavy atom. The summed E-state index contributed by atoms with van der Waals surface area (Å²) in [5.74, 6) is 0. The van der Waals surface area contributed by atoms with E-state index >= 15 is 0 Å². The van der Waals surface area contributed by atoms with Gasteiger partial charge in [-0.25, -0.2) is 0 Å². The van der Waals surface area contributed by atoms with Crippen LogP contribution in [-0.4, -0.2) is 12.1 Å². The summed E-state index contributed by atoms with van der Waals surface area (Å²) >= 11 is 0. The zero-order chi connectivity index (χ0) is 13.1. The Balaban J connectivity index is 2.48. The van der Waals surface area contributed by atoms with E-state index in [1.54, 1.807) is 12.1 Å². The van der Waals surface area contributed by atoms with Gasteiger partial charge < -0.3 is 0 Å². The van der Waals surface area contributed by atoms with E-state index in [1.165, 1.54) is 36.4 Å². The lowest BCUT2D eigenvalue weighted by Crippen LogP contribution is -1.92. The van der Waals surface area contributed by atoms with Gasteiger partial charge in [-0.05, 0) is 35.4 Å². The number of benzene rings is 2. The largest absolute Gasteiger partial charge is 0.332 e. The van der Waals surface area contributed by atoms with Crippen LogP contribution in [0.25, 0.3) is 11.1 Å². The summed E-state index contributed by atoms with van der Waals surface area (Å²) in [6.45, 7) is 0. The molecule has 0 heterocycles. The number of hydrogen-bond donors (Lipinski definition) is 0. The molecule has 0 unspecified atom stereocenters. The summed E-state index contributed by atoms with van der Waals surface area (Å²) < 4.78 is 25.2. The first kappa shape index (κ1) is 12.1. The lowest BCUT2D eigenvalue weighted by molar-refractivity contribution is 0.0826. The van der Waals surface area contributed by atoms with Gasteiger partial charge in [0, 0.05) is 0 Å². The lowest BCUT2D eigenvalue weighted by atomic mass is 10.0. The van der Waals surface area contributed by atoms with Crippen molar-refractivity contribution < 1.29 is 18.4 Å². The van der Waals surface area contributed by atoms with Gasteiger partial charge in [0.05, 0.1) is 11.1 Å². The van der Waals surface area contributed by atoms with Gasteiger partial charge in [-0.1, -0.05) is 24.3 Å². The number of hydrogen-bond acceptors (Lipinski definition) is 2. The summed E-state index contributed by atoms with van der Waals surface area (Å²) in [6, 6.07) is 8.66. The number of rotatable bonds is 3. The smallest absolute Gasteiger partial charge is 0.255 e. The Morgan fingerprint density at radius 1 is 0.722 bits per heavy atom. The van der Waals surface area contributed by atoms with E-state index in [9.17, 15) is 18.4 Å². The summed E-state index contributed by atoms with van der Waals surface area (Å²) in [4.78, 5) is 21.2. The topological polar surface area (TPSA) is 34.1 Å². The van der Waals surface area contributed by atoms with Crippen LogP contribution in [0.1, 0.15) is 20.7 Å². The van der Waals surface area contributed by atoms with Crippen LogP contribution < -0.4 is 0 Å². The quantitative estimate of drug-likeness (QED) is 0.776. The van der Waals surface area contributed by atoms with E-state index < -0.39 is 12.1 Å². The van der Waals surface area contributed by atoms with Crippen LogP contribution in [-0.2, 0) is 0 Å². The zero-order valence-corrected chi connectivity index (χ0v) is 9.19. The predicted octanol–water partition coefficient (Wildman–Crippen LogP) is 3.57. The molecule has 0 fully saturated rings. The van der Waals surface area contributed by atoms with Gasteiger partial charge in [-0.2, -0.15) is 8.78 Å². The second-order valence-electron chi connectivity index (χ2n) is 3.71. The second-order valence-corrected chi connectivity index (χ2v) is 3.71. The molecule has 0 radical (unpaired) electrons. The molecule has 0 N–H and O–H groups in total. The van der Waals surface area contributed by atoms with E-state index in [4.69, 9.17) is 0 Å². The first-order valence-electron chi connectivity index (χ1n) is 5.18. The molecule has 18 heavy (non-hydrogen) atoms. The maximum Gasteiger partial charge on any atom is 0.332 e. The molecule has 90 valence electrons. The fraction of sp³-hybridized carbons (Fsp3) is 0. The van der Waals surface area contributed by atoms with Crippen molar-refractivity contribution in [3.63, 3.8) is 0 Å². The molecular formula is C14H8F2O2. The van der Waals surface area contributed by atoms with Crippen LogP contribution in [0.5, 0.6) is 0 Å². The highest BCUT2D eigenvalue weighted by Gasteiger charge is 2.08. The third kappa shape index (κ3) is 2.48. The molecule has 4 heteroatoms. The third-order valence-corrected chi connectivity index (χ3v) is 2.51. The van der Waals surface area contributed by atoms with Gasteiger partial charge >= 0.3 is 12.1 Å². The van der Waals surface area contributed by atoms with Crippen molar-refractivity contribution in [2.75, 3.05) is 0 Å². The van der Waals surface area contributed by atoms with Crippen LogP contribution in [0.15, 0.2) is 48.5 Å². The zero-order valence-electron chi connectivity index (χ0n) is 9.19. The molecule has 0 amide bonds. The van der Waals surface area contributed by atoms with Gasteiger partial charge in [-0.15, -0.1) is 0 Å². The predicted molar refractivity (Wildman–Crippen MR) is 62.8 cm³/mol. The highest BCUT2D eigenvalue weighted by Crippen LogP contribution is 2.22. The molecule has 0 aromatic heterocycles. The minimum absolute atomic E-state index is 0.0792. The average molecular weight is 246 g/mol. The van der Waals surface area contributed by atoms with E-state index in [0.717, 1.165) is 0 Å². The summed E-state index contributed by atoms with van der Waals surface area (Å²) in [5, 5.41) is 0. The van der Waals surface area contributed by atoms with Crippen LogP contribution in [0.2, 0.25) is 0 Å². The van der Waals surface area contributed by atoms with E-state index in [0.29, 0.717) is 11.1 Å². The SMILES string of the molecule is O=C(F)c1cccc(-c2cccc(C(=O)F)c2)c1. The number of carbonyl (C=O) groups excluding carboxylic acids is 2. The van der Waals surface area contributed by atoms with Crippen LogP contribution in [0, 0.1) is 0 Å². The fourth-order valence-corrected chi connectivity index (χ4v) is 1.64. The molecule has 2 aromatic rings. The van der Waals surface area contributed by atoms with Crippen LogP contribution in [0.4, 0.5) is 8.78 Å². The van der Waals surface area contributed by atoms with Gasteiger partial charge in [0.25, 0.3) is 0 Å². The molecule has 0 spiro atoms. The van der Waals surface area contributed by atoms with Crippen molar-refractivity contribution in [1.82, 2.24) is 0 Å². The Kier molecular flexibility index (Phi) is 3.28. The minimum Gasteiger partial charge on any atom is -0.255 e. The molecule has 0 aliphatic rings. The van der Waals surface area contributed by atoms with Crippen LogP contribution >= 0.6 is 0 Å². The second kappa shape index (κ2) is 4.87. The van der Waals surface area contributed by atoms with Crippen LogP contribution in [0.3, 0.4) is 0 Å². The van der Waals surface area contributed by atoms with Gasteiger partial charge in [0.1, 0.15) is 0 Å². The molecule has 0 atom stereocenters. The Morgan fingerprint density at radius 3 is 1.44 bits per heavy atom. The van der Waals surface area contributed by atoms with Crippen molar-refractivity contribution in [1.29, 1.82) is 0 Å². The van der Waals surface area contributed by atoms with E-state index in [2.05, 4.69) is 0 Å². The summed E-state index contributed by atoms with van der Waals surface area (Å²) in [6.07, 6.45) is 0. The highest BCUT2D eigenvalue weighted by molar-refractivity contribution is 5.92. The third-order valence-electron chi connectivity index (χ3n) is 2.51. The summed E-state index contributed by atoms with van der Waals surface area (Å²) in [7, 11) is 0. The first-order chi connectivity index (χ1) is 8.58. The molecule has 2 aromatic carbocycles. The van der Waals surface area contributed by atoms with Gasteiger partial charge in [0.15, 0.2) is 0 Å². The molecule has 0 aliphatic carbocycles. The van der Waals surface area contributed by atoms with Crippen molar-refractivity contribution in [3.05, 3.63) is 59.7 Å². The molecular weight excluding hydrogens is 238 g/mol. The van der Waals surface area contributed by atoms with Crippen molar-refractivity contribution in [2.45, 2.75) is 0 Å². The lowest BCUT2D eigenvalue weighted by Gasteiger charge is -2.03. The maximum absolute atomic E-state index is 12.6. The number of carbonyl (C=O) groups is 2. The average Bonchev–Trinajstić information content (AvgIpc) is 2.39. The van der Waals surface area contributed by atoms with E-state index in [-0.39, 0.29) is 11.1 Å². The molecule has 2 rings (SSSR count).